The number of hydrogen-bond donors (Lipinski definition) is 4. The quantitative estimate of drug-likeness (QED) is 0.422. The van der Waals surface area contributed by atoms with Crippen molar-refractivity contribution in [2.75, 3.05) is 14.2 Å². The summed E-state index contributed by atoms with van der Waals surface area (Å²) in [7, 11) is 2.69. The summed E-state index contributed by atoms with van der Waals surface area (Å²) in [4.78, 5) is 36.3. The molecule has 0 aliphatic rings. The first-order valence-corrected chi connectivity index (χ1v) is 7.86. The van der Waals surface area contributed by atoms with Gasteiger partial charge in [0.1, 0.15) is 0 Å². The van der Waals surface area contributed by atoms with Crippen molar-refractivity contribution >= 4 is 23.0 Å². The van der Waals surface area contributed by atoms with Gasteiger partial charge in [-0.15, -0.1) is 0 Å². The van der Waals surface area contributed by atoms with E-state index in [1.807, 2.05) is 12.1 Å². The van der Waals surface area contributed by atoms with Gasteiger partial charge in [0.25, 0.3) is 0 Å². The van der Waals surface area contributed by atoms with E-state index in [2.05, 4.69) is 19.9 Å². The highest BCUT2D eigenvalue weighted by atomic mass is 16.5. The van der Waals surface area contributed by atoms with Gasteiger partial charge in [-0.1, -0.05) is 0 Å². The summed E-state index contributed by atoms with van der Waals surface area (Å²) < 4.78 is 9.60. The maximum atomic E-state index is 11.8. The highest BCUT2D eigenvalue weighted by Crippen LogP contribution is 2.30. The summed E-state index contributed by atoms with van der Waals surface area (Å²) in [6.45, 7) is 0. The average Bonchev–Trinajstić information content (AvgIpc) is 3.40. The Morgan fingerprint density at radius 1 is 0.769 bits per heavy atom. The second kappa shape index (κ2) is 5.99. The molecule has 4 N–H and O–H groups in total. The van der Waals surface area contributed by atoms with Crippen LogP contribution in [0.2, 0.25) is 0 Å². The fourth-order valence-corrected chi connectivity index (χ4v) is 3.03. The molecular formula is C18H16N4O4. The Kier molecular flexibility index (Phi) is 3.65. The highest BCUT2D eigenvalue weighted by molar-refractivity contribution is 5.99. The summed E-state index contributed by atoms with van der Waals surface area (Å²) in [5, 5.41) is 0. The van der Waals surface area contributed by atoms with E-state index >= 15 is 0 Å². The molecule has 4 aromatic rings. The van der Waals surface area contributed by atoms with Crippen molar-refractivity contribution in [3.8, 4) is 22.8 Å². The van der Waals surface area contributed by atoms with Crippen LogP contribution in [0.25, 0.3) is 33.8 Å². The van der Waals surface area contributed by atoms with Gasteiger partial charge in [0.2, 0.25) is 0 Å². The molecule has 0 unspecified atom stereocenters. The highest BCUT2D eigenvalue weighted by Gasteiger charge is 2.19. The molecule has 8 nitrogen and oxygen atoms in total. The number of fused-ring (bicyclic) bond motifs is 1. The van der Waals surface area contributed by atoms with Gasteiger partial charge in [-0.05, 0) is 24.3 Å². The molecule has 0 bridgehead atoms. The molecule has 26 heavy (non-hydrogen) atoms. The molecule has 0 aliphatic carbocycles. The van der Waals surface area contributed by atoms with E-state index in [0.29, 0.717) is 22.5 Å². The molecule has 0 spiro atoms. The zero-order valence-electron chi connectivity index (χ0n) is 14.1. The smallest absolute Gasteiger partial charge is 0.340 e. The topological polar surface area (TPSA) is 116 Å². The Morgan fingerprint density at radius 3 is 1.58 bits per heavy atom. The van der Waals surface area contributed by atoms with Crippen LogP contribution in [0, 0.1) is 0 Å². The molecule has 0 aromatic carbocycles. The second-order valence-corrected chi connectivity index (χ2v) is 5.71. The molecule has 0 atom stereocenters. The molecule has 4 rings (SSSR count). The van der Waals surface area contributed by atoms with Crippen molar-refractivity contribution in [3.63, 3.8) is 0 Å². The van der Waals surface area contributed by atoms with Crippen LogP contribution in [0.3, 0.4) is 0 Å². The number of hydrogen-bond acceptors (Lipinski definition) is 4. The van der Waals surface area contributed by atoms with Crippen LogP contribution in [0.5, 0.6) is 0 Å². The number of carbonyl (C=O) groups is 2. The first-order valence-electron chi connectivity index (χ1n) is 7.86. The van der Waals surface area contributed by atoms with Crippen molar-refractivity contribution in [2.45, 2.75) is 0 Å². The molecule has 4 heterocycles. The minimum atomic E-state index is -0.408. The van der Waals surface area contributed by atoms with Crippen LogP contribution in [-0.2, 0) is 9.47 Å². The van der Waals surface area contributed by atoms with E-state index in [-0.39, 0.29) is 0 Å². The van der Waals surface area contributed by atoms with Gasteiger partial charge in [-0.2, -0.15) is 0 Å². The van der Waals surface area contributed by atoms with Gasteiger partial charge >= 0.3 is 11.9 Å². The van der Waals surface area contributed by atoms with E-state index in [1.54, 1.807) is 24.5 Å². The van der Waals surface area contributed by atoms with Crippen molar-refractivity contribution in [2.24, 2.45) is 0 Å². The Morgan fingerprint density at radius 2 is 1.19 bits per heavy atom. The van der Waals surface area contributed by atoms with Crippen LogP contribution >= 0.6 is 0 Å². The molecular weight excluding hydrogens is 336 g/mol. The third-order valence-corrected chi connectivity index (χ3v) is 4.25. The van der Waals surface area contributed by atoms with Crippen molar-refractivity contribution < 1.29 is 19.1 Å². The van der Waals surface area contributed by atoms with Crippen molar-refractivity contribution in [3.05, 3.63) is 47.8 Å². The Bertz CT molecular complexity index is 996. The second-order valence-electron chi connectivity index (χ2n) is 5.71. The first kappa shape index (κ1) is 15.8. The average molecular weight is 352 g/mol. The van der Waals surface area contributed by atoms with Crippen LogP contribution in [-0.4, -0.2) is 46.1 Å². The molecule has 4 aromatic heterocycles. The predicted molar refractivity (Wildman–Crippen MR) is 94.9 cm³/mol. The number of aromatic nitrogens is 4. The van der Waals surface area contributed by atoms with E-state index in [1.165, 1.54) is 14.2 Å². The lowest BCUT2D eigenvalue weighted by molar-refractivity contribution is 0.0593. The minimum Gasteiger partial charge on any atom is -0.465 e. The summed E-state index contributed by atoms with van der Waals surface area (Å²) in [6.07, 6.45) is 3.37. The lowest BCUT2D eigenvalue weighted by atomic mass is 10.2. The van der Waals surface area contributed by atoms with E-state index in [0.717, 1.165) is 22.4 Å². The summed E-state index contributed by atoms with van der Waals surface area (Å²) in [5.41, 5.74) is 5.39. The van der Waals surface area contributed by atoms with Crippen LogP contribution < -0.4 is 0 Å². The van der Waals surface area contributed by atoms with Crippen molar-refractivity contribution in [1.82, 2.24) is 19.9 Å². The Balaban J connectivity index is 1.74. The minimum absolute atomic E-state index is 0.408. The van der Waals surface area contributed by atoms with Gasteiger partial charge in [0.15, 0.2) is 0 Å². The monoisotopic (exact) mass is 352 g/mol. The summed E-state index contributed by atoms with van der Waals surface area (Å²) >= 11 is 0. The van der Waals surface area contributed by atoms with Gasteiger partial charge in [-0.3, -0.25) is 0 Å². The fourth-order valence-electron chi connectivity index (χ4n) is 3.03. The van der Waals surface area contributed by atoms with Crippen LogP contribution in [0.4, 0.5) is 0 Å². The number of nitrogens with one attached hydrogen (secondary N) is 4. The largest absolute Gasteiger partial charge is 0.465 e. The molecule has 0 saturated carbocycles. The number of ether oxygens (including phenoxy) is 2. The molecule has 0 radical (unpaired) electrons. The fraction of sp³-hybridized carbons (Fsp3) is 0.111. The Labute approximate surface area is 147 Å². The maximum absolute atomic E-state index is 11.8. The zero-order valence-corrected chi connectivity index (χ0v) is 14.1. The molecule has 0 saturated heterocycles. The lowest BCUT2D eigenvalue weighted by Gasteiger charge is -2.01. The van der Waals surface area contributed by atoms with E-state index in [9.17, 15) is 9.59 Å². The third-order valence-electron chi connectivity index (χ3n) is 4.25. The first-order chi connectivity index (χ1) is 12.6. The van der Waals surface area contributed by atoms with Crippen LogP contribution in [0.1, 0.15) is 20.7 Å². The number of esters is 2. The SMILES string of the molecule is COC(=O)c1cc[nH]c1-c1cc2[nH]c(-c3[nH]ccc3C(=O)OC)cc2[nH]1. The number of aromatic amines is 4. The van der Waals surface area contributed by atoms with Gasteiger partial charge in [0.05, 0.1) is 59.2 Å². The Hall–Kier alpha value is -3.68. The number of rotatable bonds is 4. The molecule has 0 amide bonds. The zero-order chi connectivity index (χ0) is 18.3. The van der Waals surface area contributed by atoms with Gasteiger partial charge < -0.3 is 29.4 Å². The summed E-state index contributed by atoms with van der Waals surface area (Å²) in [5.74, 6) is -0.816. The lowest BCUT2D eigenvalue weighted by Crippen LogP contribution is -2.01. The molecule has 0 fully saturated rings. The van der Waals surface area contributed by atoms with Crippen molar-refractivity contribution in [1.29, 1.82) is 0 Å². The van der Waals surface area contributed by atoms with Gasteiger partial charge in [-0.25, -0.2) is 9.59 Å². The molecule has 0 aliphatic heterocycles. The molecule has 132 valence electrons. The molecule has 8 heteroatoms. The number of H-pyrrole nitrogens is 4. The third kappa shape index (κ3) is 2.39. The van der Waals surface area contributed by atoms with E-state index < -0.39 is 11.9 Å². The maximum Gasteiger partial charge on any atom is 0.340 e. The predicted octanol–water partition coefficient (Wildman–Crippen LogP) is 3.06. The normalized spacial score (nSPS) is 11.0. The van der Waals surface area contributed by atoms with Crippen LogP contribution in [0.15, 0.2) is 36.7 Å². The number of methoxy groups -OCH3 is 2. The van der Waals surface area contributed by atoms with Gasteiger partial charge in [0, 0.05) is 12.4 Å². The number of carbonyl (C=O) groups excluding carboxylic acids is 2. The van der Waals surface area contributed by atoms with E-state index in [4.69, 9.17) is 9.47 Å². The standard InChI is InChI=1S/C18H16N4O4/c1-25-17(23)9-3-5-19-15(9)13-7-11-12(21-13)8-14(22-11)16-10(4-6-20-16)18(24)26-2/h3-8,19-22H,1-2H3. The summed E-state index contributed by atoms with van der Waals surface area (Å²) in [6, 6.07) is 7.11.